The summed E-state index contributed by atoms with van der Waals surface area (Å²) >= 11 is 6.38. The number of hydrogen-bond acceptors (Lipinski definition) is 3. The van der Waals surface area contributed by atoms with E-state index in [-0.39, 0.29) is 0 Å². The van der Waals surface area contributed by atoms with Gasteiger partial charge < -0.3 is 10.1 Å². The number of hydrogen-bond donors (Lipinski definition) is 1. The van der Waals surface area contributed by atoms with Crippen LogP contribution in [0.5, 0.6) is 5.75 Å². The third kappa shape index (κ3) is 3.07. The van der Waals surface area contributed by atoms with Crippen molar-refractivity contribution in [2.24, 2.45) is 0 Å². The van der Waals surface area contributed by atoms with Crippen molar-refractivity contribution in [2.45, 2.75) is 33.4 Å². The SMILES string of the molecule is CCc1nn(CC)c(CNc2ccc(OC)cc2)c1Cl. The van der Waals surface area contributed by atoms with E-state index in [0.29, 0.717) is 6.54 Å². The van der Waals surface area contributed by atoms with Crippen molar-refractivity contribution >= 4 is 17.3 Å². The van der Waals surface area contributed by atoms with Crippen molar-refractivity contribution < 1.29 is 4.74 Å². The van der Waals surface area contributed by atoms with E-state index < -0.39 is 0 Å². The highest BCUT2D eigenvalue weighted by Gasteiger charge is 2.13. The number of methoxy groups -OCH3 is 1. The Balaban J connectivity index is 2.11. The van der Waals surface area contributed by atoms with E-state index in [1.54, 1.807) is 7.11 Å². The number of nitrogens with one attached hydrogen (secondary N) is 1. The number of ether oxygens (including phenoxy) is 1. The van der Waals surface area contributed by atoms with Gasteiger partial charge in [0.15, 0.2) is 0 Å². The van der Waals surface area contributed by atoms with Gasteiger partial charge in [0, 0.05) is 12.2 Å². The number of anilines is 1. The Morgan fingerprint density at radius 3 is 2.50 bits per heavy atom. The molecule has 2 rings (SSSR count). The van der Waals surface area contributed by atoms with Crippen LogP contribution in [0, 0.1) is 0 Å². The summed E-state index contributed by atoms with van der Waals surface area (Å²) in [5, 5.41) is 8.65. The molecule has 20 heavy (non-hydrogen) atoms. The molecular weight excluding hydrogens is 274 g/mol. The number of benzene rings is 1. The Bertz CT molecular complexity index is 563. The fourth-order valence-electron chi connectivity index (χ4n) is 2.08. The van der Waals surface area contributed by atoms with Gasteiger partial charge in [0.25, 0.3) is 0 Å². The zero-order chi connectivity index (χ0) is 14.5. The van der Waals surface area contributed by atoms with Crippen molar-refractivity contribution in [2.75, 3.05) is 12.4 Å². The molecule has 5 heteroatoms. The summed E-state index contributed by atoms with van der Waals surface area (Å²) < 4.78 is 7.10. The normalized spacial score (nSPS) is 10.6. The van der Waals surface area contributed by atoms with Crippen molar-refractivity contribution in [3.05, 3.63) is 40.7 Å². The summed E-state index contributed by atoms with van der Waals surface area (Å²) in [6.07, 6.45) is 0.849. The molecule has 1 aromatic heterocycles. The molecule has 2 aromatic rings. The van der Waals surface area contributed by atoms with Gasteiger partial charge in [0.1, 0.15) is 5.75 Å². The van der Waals surface area contributed by atoms with Gasteiger partial charge in [0.2, 0.25) is 0 Å². The smallest absolute Gasteiger partial charge is 0.119 e. The molecule has 0 amide bonds. The molecule has 4 nitrogen and oxygen atoms in total. The Kier molecular flexibility index (Phi) is 4.90. The minimum absolute atomic E-state index is 0.659. The van der Waals surface area contributed by atoms with Crippen molar-refractivity contribution in [1.29, 1.82) is 0 Å². The van der Waals surface area contributed by atoms with Crippen LogP contribution < -0.4 is 10.1 Å². The molecule has 0 unspecified atom stereocenters. The topological polar surface area (TPSA) is 39.1 Å². The van der Waals surface area contributed by atoms with Gasteiger partial charge >= 0.3 is 0 Å². The quantitative estimate of drug-likeness (QED) is 0.882. The minimum atomic E-state index is 0.659. The van der Waals surface area contributed by atoms with Crippen LogP contribution in [0.4, 0.5) is 5.69 Å². The maximum absolute atomic E-state index is 6.38. The first-order valence-electron chi connectivity index (χ1n) is 6.81. The van der Waals surface area contributed by atoms with Gasteiger partial charge in [-0.1, -0.05) is 18.5 Å². The van der Waals surface area contributed by atoms with Gasteiger partial charge in [-0.05, 0) is 37.6 Å². The van der Waals surface area contributed by atoms with Gasteiger partial charge in [-0.2, -0.15) is 5.10 Å². The average molecular weight is 294 g/mol. The second-order valence-electron chi connectivity index (χ2n) is 4.46. The fraction of sp³-hybridized carbons (Fsp3) is 0.400. The van der Waals surface area contributed by atoms with Crippen LogP contribution in [0.1, 0.15) is 25.2 Å². The lowest BCUT2D eigenvalue weighted by Gasteiger charge is -2.09. The molecule has 0 aliphatic heterocycles. The van der Waals surface area contributed by atoms with Gasteiger partial charge in [-0.3, -0.25) is 4.68 Å². The lowest BCUT2D eigenvalue weighted by Crippen LogP contribution is -2.08. The maximum atomic E-state index is 6.38. The molecule has 0 fully saturated rings. The Morgan fingerprint density at radius 2 is 1.95 bits per heavy atom. The van der Waals surface area contributed by atoms with Gasteiger partial charge in [-0.25, -0.2) is 0 Å². The first-order chi connectivity index (χ1) is 9.69. The third-order valence-corrected chi connectivity index (χ3v) is 3.68. The zero-order valence-electron chi connectivity index (χ0n) is 12.1. The van der Waals surface area contributed by atoms with Crippen LogP contribution in [-0.2, 0) is 19.5 Å². The summed E-state index contributed by atoms with van der Waals surface area (Å²) in [5.74, 6) is 0.848. The summed E-state index contributed by atoms with van der Waals surface area (Å²) in [6, 6.07) is 7.83. The highest BCUT2D eigenvalue weighted by Crippen LogP contribution is 2.23. The van der Waals surface area contributed by atoms with E-state index >= 15 is 0 Å². The Hall–Kier alpha value is -1.68. The third-order valence-electron chi connectivity index (χ3n) is 3.24. The number of aromatic nitrogens is 2. The molecule has 0 bridgehead atoms. The molecule has 0 aliphatic rings. The zero-order valence-corrected chi connectivity index (χ0v) is 12.9. The van der Waals surface area contributed by atoms with E-state index in [2.05, 4.69) is 24.3 Å². The highest BCUT2D eigenvalue weighted by molar-refractivity contribution is 6.31. The molecule has 0 saturated carbocycles. The Labute approximate surface area is 124 Å². The van der Waals surface area contributed by atoms with Gasteiger partial charge in [0.05, 0.1) is 30.1 Å². The second-order valence-corrected chi connectivity index (χ2v) is 4.84. The van der Waals surface area contributed by atoms with E-state index in [1.165, 1.54) is 0 Å². The van der Waals surface area contributed by atoms with E-state index in [9.17, 15) is 0 Å². The fourth-order valence-corrected chi connectivity index (χ4v) is 2.42. The number of aryl methyl sites for hydroxylation is 2. The second kappa shape index (κ2) is 6.66. The minimum Gasteiger partial charge on any atom is -0.497 e. The molecule has 1 N–H and O–H groups in total. The maximum Gasteiger partial charge on any atom is 0.119 e. The van der Waals surface area contributed by atoms with Crippen LogP contribution >= 0.6 is 11.6 Å². The molecule has 0 atom stereocenters. The molecule has 1 heterocycles. The first-order valence-corrected chi connectivity index (χ1v) is 7.19. The average Bonchev–Trinajstić information content (AvgIpc) is 2.81. The van der Waals surface area contributed by atoms with Gasteiger partial charge in [-0.15, -0.1) is 0 Å². The lowest BCUT2D eigenvalue weighted by molar-refractivity contribution is 0.415. The van der Waals surface area contributed by atoms with E-state index in [1.807, 2.05) is 28.9 Å². The summed E-state index contributed by atoms with van der Waals surface area (Å²) in [7, 11) is 1.66. The van der Waals surface area contributed by atoms with Crippen LogP contribution in [0.2, 0.25) is 5.02 Å². The molecular formula is C15H20ClN3O. The van der Waals surface area contributed by atoms with Crippen LogP contribution in [0.15, 0.2) is 24.3 Å². The number of rotatable bonds is 6. The number of nitrogens with zero attached hydrogens (tertiary/aromatic N) is 2. The predicted octanol–water partition coefficient (Wildman–Crippen LogP) is 3.74. The molecule has 0 aliphatic carbocycles. The molecule has 0 spiro atoms. The van der Waals surface area contributed by atoms with Crippen molar-refractivity contribution in [1.82, 2.24) is 9.78 Å². The first kappa shape index (κ1) is 14.7. The summed E-state index contributed by atoms with van der Waals surface area (Å²) in [6.45, 7) is 5.61. The van der Waals surface area contributed by atoms with E-state index in [0.717, 1.165) is 40.8 Å². The largest absolute Gasteiger partial charge is 0.497 e. The molecule has 1 aromatic carbocycles. The lowest BCUT2D eigenvalue weighted by atomic mass is 10.2. The monoisotopic (exact) mass is 293 g/mol. The molecule has 108 valence electrons. The standard InChI is InChI=1S/C15H20ClN3O/c1-4-13-15(16)14(19(5-2)18-13)10-17-11-6-8-12(20-3)9-7-11/h6-9,17H,4-5,10H2,1-3H3. The van der Waals surface area contributed by atoms with Crippen molar-refractivity contribution in [3.63, 3.8) is 0 Å². The van der Waals surface area contributed by atoms with E-state index in [4.69, 9.17) is 16.3 Å². The summed E-state index contributed by atoms with van der Waals surface area (Å²) in [5.41, 5.74) is 3.02. The van der Waals surface area contributed by atoms with Crippen LogP contribution in [0.3, 0.4) is 0 Å². The van der Waals surface area contributed by atoms with Crippen molar-refractivity contribution in [3.8, 4) is 5.75 Å². The number of halogens is 1. The van der Waals surface area contributed by atoms with Crippen LogP contribution in [0.25, 0.3) is 0 Å². The Morgan fingerprint density at radius 1 is 1.25 bits per heavy atom. The van der Waals surface area contributed by atoms with Crippen LogP contribution in [-0.4, -0.2) is 16.9 Å². The predicted molar refractivity (Wildman–Crippen MR) is 82.6 cm³/mol. The molecule has 0 radical (unpaired) electrons. The summed E-state index contributed by atoms with van der Waals surface area (Å²) in [4.78, 5) is 0. The highest BCUT2D eigenvalue weighted by atomic mass is 35.5. The molecule has 0 saturated heterocycles.